The van der Waals surface area contributed by atoms with E-state index in [0.29, 0.717) is 19.1 Å². The molecule has 1 aromatic rings. The largest absolute Gasteiger partial charge is 0.380 e. The minimum absolute atomic E-state index is 0.150. The number of fused-ring (bicyclic) bond motifs is 1. The van der Waals surface area contributed by atoms with Crippen LogP contribution in [-0.2, 0) is 11.2 Å². The Bertz CT molecular complexity index is 474. The van der Waals surface area contributed by atoms with Crippen LogP contribution >= 0.6 is 22.6 Å². The van der Waals surface area contributed by atoms with Crippen LogP contribution in [0.3, 0.4) is 0 Å². The molecule has 0 saturated carbocycles. The number of amides is 1. The number of halogens is 1. The maximum Gasteiger partial charge on any atom is 0.254 e. The van der Waals surface area contributed by atoms with Crippen molar-refractivity contribution in [2.75, 3.05) is 26.3 Å². The number of hydrogen-bond acceptors (Lipinski definition) is 2. The first kappa shape index (κ1) is 15.8. The highest BCUT2D eigenvalue weighted by Crippen LogP contribution is 2.21. The lowest BCUT2D eigenvalue weighted by molar-refractivity contribution is 0.0611. The van der Waals surface area contributed by atoms with E-state index in [1.807, 2.05) is 11.0 Å². The highest BCUT2D eigenvalue weighted by Gasteiger charge is 2.23. The van der Waals surface area contributed by atoms with Crippen molar-refractivity contribution in [2.45, 2.75) is 26.7 Å². The van der Waals surface area contributed by atoms with Crippen LogP contribution in [0.2, 0.25) is 0 Å². The van der Waals surface area contributed by atoms with Gasteiger partial charge in [0.1, 0.15) is 0 Å². The average molecular weight is 387 g/mol. The molecule has 1 aliphatic heterocycles. The quantitative estimate of drug-likeness (QED) is 0.554. The Kier molecular flexibility index (Phi) is 5.84. The topological polar surface area (TPSA) is 29.5 Å². The molecule has 1 amide bonds. The van der Waals surface area contributed by atoms with E-state index in [1.165, 1.54) is 5.56 Å². The number of nitrogens with zero attached hydrogens (tertiary/aromatic N) is 1. The molecule has 2 rings (SSSR count). The number of hydrogen-bond donors (Lipinski definition) is 0. The van der Waals surface area contributed by atoms with Gasteiger partial charge in [-0.05, 0) is 59.0 Å². The van der Waals surface area contributed by atoms with E-state index in [-0.39, 0.29) is 5.91 Å². The van der Waals surface area contributed by atoms with Crippen molar-refractivity contribution in [3.8, 4) is 0 Å². The minimum atomic E-state index is 0.150. The molecule has 1 aromatic carbocycles. The summed E-state index contributed by atoms with van der Waals surface area (Å²) in [5.41, 5.74) is 2.04. The lowest BCUT2D eigenvalue weighted by Crippen LogP contribution is -2.39. The van der Waals surface area contributed by atoms with E-state index >= 15 is 0 Å². The van der Waals surface area contributed by atoms with Gasteiger partial charge in [-0.3, -0.25) is 4.79 Å². The molecule has 0 atom stereocenters. The average Bonchev–Trinajstić information content (AvgIpc) is 2.41. The SMILES string of the molecule is CC(C)CCOCCN1CCc2ccc(I)cc2C1=O. The first-order valence-electron chi connectivity index (χ1n) is 7.23. The summed E-state index contributed by atoms with van der Waals surface area (Å²) in [5.74, 6) is 0.817. The third kappa shape index (κ3) is 4.19. The van der Waals surface area contributed by atoms with Crippen LogP contribution < -0.4 is 0 Å². The van der Waals surface area contributed by atoms with Crippen molar-refractivity contribution in [2.24, 2.45) is 5.92 Å². The molecule has 20 heavy (non-hydrogen) atoms. The lowest BCUT2D eigenvalue weighted by Gasteiger charge is -2.28. The van der Waals surface area contributed by atoms with Gasteiger partial charge >= 0.3 is 0 Å². The zero-order chi connectivity index (χ0) is 14.5. The van der Waals surface area contributed by atoms with Crippen LogP contribution in [0.5, 0.6) is 0 Å². The van der Waals surface area contributed by atoms with Gasteiger partial charge in [-0.15, -0.1) is 0 Å². The number of ether oxygens (including phenoxy) is 1. The van der Waals surface area contributed by atoms with Crippen molar-refractivity contribution in [1.82, 2.24) is 4.90 Å². The van der Waals surface area contributed by atoms with Gasteiger partial charge in [0, 0.05) is 28.8 Å². The molecular formula is C16H22INO2. The van der Waals surface area contributed by atoms with Crippen LogP contribution in [0.1, 0.15) is 36.2 Å². The van der Waals surface area contributed by atoms with E-state index in [2.05, 4.69) is 48.6 Å². The summed E-state index contributed by atoms with van der Waals surface area (Å²) in [7, 11) is 0. The lowest BCUT2D eigenvalue weighted by atomic mass is 9.99. The van der Waals surface area contributed by atoms with Crippen molar-refractivity contribution in [3.05, 3.63) is 32.9 Å². The molecule has 0 aliphatic carbocycles. The second-order valence-electron chi connectivity index (χ2n) is 5.64. The van der Waals surface area contributed by atoms with Crippen molar-refractivity contribution in [3.63, 3.8) is 0 Å². The molecular weight excluding hydrogens is 365 g/mol. The number of benzene rings is 1. The van der Waals surface area contributed by atoms with E-state index in [4.69, 9.17) is 4.74 Å². The third-order valence-corrected chi connectivity index (χ3v) is 4.26. The second-order valence-corrected chi connectivity index (χ2v) is 6.88. The zero-order valence-corrected chi connectivity index (χ0v) is 14.4. The van der Waals surface area contributed by atoms with E-state index in [1.54, 1.807) is 0 Å². The number of carbonyl (C=O) groups excluding carboxylic acids is 1. The van der Waals surface area contributed by atoms with Gasteiger partial charge in [0.05, 0.1) is 6.61 Å². The fourth-order valence-electron chi connectivity index (χ4n) is 2.30. The Morgan fingerprint density at radius 3 is 2.90 bits per heavy atom. The van der Waals surface area contributed by atoms with Gasteiger partial charge in [0.2, 0.25) is 0 Å². The van der Waals surface area contributed by atoms with Gasteiger partial charge in [0.25, 0.3) is 5.91 Å². The van der Waals surface area contributed by atoms with Crippen LogP contribution in [0, 0.1) is 9.49 Å². The predicted octanol–water partition coefficient (Wildman–Crippen LogP) is 3.35. The fourth-order valence-corrected chi connectivity index (χ4v) is 2.79. The van der Waals surface area contributed by atoms with Gasteiger partial charge in [-0.2, -0.15) is 0 Å². The fraction of sp³-hybridized carbons (Fsp3) is 0.562. The van der Waals surface area contributed by atoms with E-state index in [0.717, 1.165) is 35.1 Å². The Morgan fingerprint density at radius 2 is 2.15 bits per heavy atom. The molecule has 0 unspecified atom stereocenters. The maximum atomic E-state index is 12.4. The summed E-state index contributed by atoms with van der Waals surface area (Å²) in [6.45, 7) is 7.31. The van der Waals surface area contributed by atoms with Gasteiger partial charge in [-0.1, -0.05) is 19.9 Å². The molecule has 1 aliphatic rings. The molecule has 110 valence electrons. The summed E-state index contributed by atoms with van der Waals surface area (Å²) >= 11 is 2.25. The monoisotopic (exact) mass is 387 g/mol. The molecule has 0 spiro atoms. The number of rotatable bonds is 6. The Hall–Kier alpha value is -0.620. The zero-order valence-electron chi connectivity index (χ0n) is 12.2. The molecule has 0 saturated heterocycles. The molecule has 0 N–H and O–H groups in total. The van der Waals surface area contributed by atoms with Gasteiger partial charge in [-0.25, -0.2) is 0 Å². The van der Waals surface area contributed by atoms with Crippen molar-refractivity contribution < 1.29 is 9.53 Å². The van der Waals surface area contributed by atoms with Gasteiger partial charge in [0.15, 0.2) is 0 Å². The van der Waals surface area contributed by atoms with Gasteiger partial charge < -0.3 is 9.64 Å². The molecule has 0 fully saturated rings. The van der Waals surface area contributed by atoms with Crippen LogP contribution in [0.4, 0.5) is 0 Å². The highest BCUT2D eigenvalue weighted by atomic mass is 127. The first-order valence-corrected chi connectivity index (χ1v) is 8.31. The first-order chi connectivity index (χ1) is 9.58. The molecule has 0 radical (unpaired) electrons. The normalized spacial score (nSPS) is 14.8. The predicted molar refractivity (Wildman–Crippen MR) is 89.0 cm³/mol. The summed E-state index contributed by atoms with van der Waals surface area (Å²) in [4.78, 5) is 14.3. The maximum absolute atomic E-state index is 12.4. The Morgan fingerprint density at radius 1 is 1.35 bits per heavy atom. The number of carbonyl (C=O) groups is 1. The highest BCUT2D eigenvalue weighted by molar-refractivity contribution is 14.1. The minimum Gasteiger partial charge on any atom is -0.380 e. The van der Waals surface area contributed by atoms with Crippen LogP contribution in [0.25, 0.3) is 0 Å². The van der Waals surface area contributed by atoms with Crippen LogP contribution in [0.15, 0.2) is 18.2 Å². The molecule has 4 heteroatoms. The Balaban J connectivity index is 1.85. The van der Waals surface area contributed by atoms with Crippen LogP contribution in [-0.4, -0.2) is 37.1 Å². The smallest absolute Gasteiger partial charge is 0.254 e. The third-order valence-electron chi connectivity index (χ3n) is 3.59. The standard InChI is InChI=1S/C16H22INO2/c1-12(2)6-9-20-10-8-18-7-5-13-3-4-14(17)11-15(13)16(18)19/h3-4,11-12H,5-10H2,1-2H3. The molecule has 0 aromatic heterocycles. The molecule has 1 heterocycles. The Labute approximate surface area is 134 Å². The second kappa shape index (κ2) is 7.41. The van der Waals surface area contributed by atoms with E-state index in [9.17, 15) is 4.79 Å². The summed E-state index contributed by atoms with van der Waals surface area (Å²) in [5, 5.41) is 0. The van der Waals surface area contributed by atoms with E-state index < -0.39 is 0 Å². The summed E-state index contributed by atoms with van der Waals surface area (Å²) in [6.07, 6.45) is 2.03. The van der Waals surface area contributed by atoms with Crippen molar-refractivity contribution in [1.29, 1.82) is 0 Å². The van der Waals surface area contributed by atoms with Crippen molar-refractivity contribution >= 4 is 28.5 Å². The molecule has 0 bridgehead atoms. The summed E-state index contributed by atoms with van der Waals surface area (Å²) in [6, 6.07) is 6.13. The summed E-state index contributed by atoms with van der Waals surface area (Å²) < 4.78 is 6.73. The molecule has 3 nitrogen and oxygen atoms in total.